The number of carbonyl (C=O) groups excluding carboxylic acids is 3. The fraction of sp³-hybridized carbons (Fsp3) is 0.611. The van der Waals surface area contributed by atoms with Gasteiger partial charge in [0.1, 0.15) is 17.2 Å². The predicted octanol–water partition coefficient (Wildman–Crippen LogP) is 3.55. The Balaban J connectivity index is 2.66. The maximum absolute atomic E-state index is 12.2. The molecule has 0 unspecified atom stereocenters. The Labute approximate surface area is 132 Å². The van der Waals surface area contributed by atoms with Gasteiger partial charge in [-0.3, -0.25) is 9.59 Å². The van der Waals surface area contributed by atoms with Gasteiger partial charge >= 0.3 is 5.97 Å². The summed E-state index contributed by atoms with van der Waals surface area (Å²) in [6, 6.07) is 0. The van der Waals surface area contributed by atoms with Gasteiger partial charge in [0.15, 0.2) is 0 Å². The van der Waals surface area contributed by atoms with E-state index in [0.29, 0.717) is 38.5 Å². The van der Waals surface area contributed by atoms with Gasteiger partial charge in [0.05, 0.1) is 5.41 Å². The van der Waals surface area contributed by atoms with Crippen LogP contribution >= 0.6 is 0 Å². The van der Waals surface area contributed by atoms with Gasteiger partial charge in [0.2, 0.25) is 0 Å². The first kappa shape index (κ1) is 18.3. The lowest BCUT2D eigenvalue weighted by Crippen LogP contribution is -2.42. The van der Waals surface area contributed by atoms with Crippen LogP contribution in [0.3, 0.4) is 0 Å². The largest absolute Gasteiger partial charge is 0.457 e. The zero-order chi connectivity index (χ0) is 16.8. The van der Waals surface area contributed by atoms with Gasteiger partial charge in [-0.05, 0) is 46.5 Å². The van der Waals surface area contributed by atoms with Crippen LogP contribution in [-0.2, 0) is 19.1 Å². The van der Waals surface area contributed by atoms with E-state index in [1.807, 2.05) is 0 Å². The molecular formula is C18H26O4. The lowest BCUT2D eigenvalue weighted by Gasteiger charge is -2.33. The normalized spacial score (nSPS) is 18.5. The highest BCUT2D eigenvalue weighted by Crippen LogP contribution is 2.38. The molecule has 0 aromatic carbocycles. The maximum Gasteiger partial charge on any atom is 0.330 e. The van der Waals surface area contributed by atoms with Crippen LogP contribution in [0.2, 0.25) is 0 Å². The second kappa shape index (κ2) is 7.52. The lowest BCUT2D eigenvalue weighted by molar-refractivity contribution is -0.148. The average molecular weight is 306 g/mol. The van der Waals surface area contributed by atoms with Crippen molar-refractivity contribution in [1.29, 1.82) is 0 Å². The summed E-state index contributed by atoms with van der Waals surface area (Å²) in [6.45, 7) is 9.08. The van der Waals surface area contributed by atoms with Crippen LogP contribution < -0.4 is 0 Å². The molecule has 1 aliphatic carbocycles. The van der Waals surface area contributed by atoms with Crippen LogP contribution in [0, 0.1) is 5.41 Å². The predicted molar refractivity (Wildman–Crippen MR) is 85.3 cm³/mol. The third-order valence-corrected chi connectivity index (χ3v) is 3.77. The molecule has 0 amide bonds. The van der Waals surface area contributed by atoms with Gasteiger partial charge < -0.3 is 4.74 Å². The molecule has 1 rings (SSSR count). The van der Waals surface area contributed by atoms with Gasteiger partial charge in [-0.2, -0.15) is 0 Å². The fourth-order valence-corrected chi connectivity index (χ4v) is 2.74. The molecule has 0 spiro atoms. The number of hydrogen-bond donors (Lipinski definition) is 0. The summed E-state index contributed by atoms with van der Waals surface area (Å²) in [4.78, 5) is 36.1. The fourth-order valence-electron chi connectivity index (χ4n) is 2.74. The van der Waals surface area contributed by atoms with E-state index in [1.165, 1.54) is 6.08 Å². The van der Waals surface area contributed by atoms with Crippen LogP contribution in [0.4, 0.5) is 0 Å². The van der Waals surface area contributed by atoms with E-state index in [2.05, 4.69) is 6.58 Å². The number of esters is 1. The average Bonchev–Trinajstić information content (AvgIpc) is 2.38. The SMILES string of the molecule is C=CCC1(CC/C=C/C(=O)OC(C)(C)C)C(=O)CCCC1=O. The Morgan fingerprint density at radius 3 is 2.36 bits per heavy atom. The van der Waals surface area contributed by atoms with Crippen molar-refractivity contribution >= 4 is 17.5 Å². The maximum atomic E-state index is 12.2. The smallest absolute Gasteiger partial charge is 0.330 e. The van der Waals surface area contributed by atoms with E-state index in [4.69, 9.17) is 4.74 Å². The first-order chi connectivity index (χ1) is 10.2. The van der Waals surface area contributed by atoms with Crippen molar-refractivity contribution in [3.63, 3.8) is 0 Å². The summed E-state index contributed by atoms with van der Waals surface area (Å²) in [6.07, 6.45) is 7.53. The van der Waals surface area contributed by atoms with E-state index in [0.717, 1.165) is 0 Å². The van der Waals surface area contributed by atoms with Crippen molar-refractivity contribution in [3.8, 4) is 0 Å². The number of ether oxygens (including phenoxy) is 1. The Morgan fingerprint density at radius 2 is 1.86 bits per heavy atom. The van der Waals surface area contributed by atoms with E-state index in [-0.39, 0.29) is 11.6 Å². The van der Waals surface area contributed by atoms with Gasteiger partial charge in [0.25, 0.3) is 0 Å². The molecule has 0 aromatic rings. The minimum atomic E-state index is -0.932. The Kier molecular flexibility index (Phi) is 6.27. The van der Waals surface area contributed by atoms with Crippen LogP contribution in [0.1, 0.15) is 59.3 Å². The van der Waals surface area contributed by atoms with Crippen LogP contribution in [-0.4, -0.2) is 23.1 Å². The molecule has 0 N–H and O–H groups in total. The summed E-state index contributed by atoms with van der Waals surface area (Å²) in [5.74, 6) is -0.393. The molecule has 0 aliphatic heterocycles. The highest BCUT2D eigenvalue weighted by molar-refractivity contribution is 6.09. The molecule has 0 heterocycles. The number of allylic oxidation sites excluding steroid dienone is 2. The standard InChI is InChI=1S/C18H26O4/c1-5-12-18(14(19)9-8-10-15(18)20)13-7-6-11-16(21)22-17(2,3)4/h5-6,11H,1,7-10,12-13H2,2-4H3/b11-6+. The quantitative estimate of drug-likeness (QED) is 0.326. The minimum Gasteiger partial charge on any atom is -0.457 e. The molecule has 0 radical (unpaired) electrons. The molecule has 0 bridgehead atoms. The molecule has 122 valence electrons. The zero-order valence-electron chi connectivity index (χ0n) is 13.8. The Bertz CT molecular complexity index is 464. The van der Waals surface area contributed by atoms with Gasteiger partial charge in [-0.1, -0.05) is 12.2 Å². The van der Waals surface area contributed by atoms with Crippen molar-refractivity contribution in [2.24, 2.45) is 5.41 Å². The van der Waals surface area contributed by atoms with Crippen molar-refractivity contribution in [2.75, 3.05) is 0 Å². The van der Waals surface area contributed by atoms with E-state index in [9.17, 15) is 14.4 Å². The molecule has 22 heavy (non-hydrogen) atoms. The summed E-state index contributed by atoms with van der Waals surface area (Å²) in [5, 5.41) is 0. The molecule has 0 aromatic heterocycles. The monoisotopic (exact) mass is 306 g/mol. The number of carbonyl (C=O) groups is 3. The summed E-state index contributed by atoms with van der Waals surface area (Å²) < 4.78 is 5.17. The second-order valence-electron chi connectivity index (χ2n) is 6.75. The van der Waals surface area contributed by atoms with Crippen molar-refractivity contribution in [2.45, 2.75) is 64.9 Å². The zero-order valence-corrected chi connectivity index (χ0v) is 13.8. The van der Waals surface area contributed by atoms with Crippen LogP contribution in [0.15, 0.2) is 24.8 Å². The first-order valence-corrected chi connectivity index (χ1v) is 7.78. The number of hydrogen-bond acceptors (Lipinski definition) is 4. The topological polar surface area (TPSA) is 60.4 Å². The summed E-state index contributed by atoms with van der Waals surface area (Å²) in [7, 11) is 0. The molecule has 0 saturated heterocycles. The Morgan fingerprint density at radius 1 is 1.27 bits per heavy atom. The highest BCUT2D eigenvalue weighted by atomic mass is 16.6. The highest BCUT2D eigenvalue weighted by Gasteiger charge is 2.44. The van der Waals surface area contributed by atoms with Crippen molar-refractivity contribution in [1.82, 2.24) is 0 Å². The molecule has 1 fully saturated rings. The van der Waals surface area contributed by atoms with Crippen molar-refractivity contribution in [3.05, 3.63) is 24.8 Å². The van der Waals surface area contributed by atoms with E-state index < -0.39 is 17.0 Å². The van der Waals surface area contributed by atoms with Crippen LogP contribution in [0.5, 0.6) is 0 Å². The third-order valence-electron chi connectivity index (χ3n) is 3.77. The minimum absolute atomic E-state index is 0.00863. The molecule has 1 aliphatic rings. The van der Waals surface area contributed by atoms with Gasteiger partial charge in [-0.15, -0.1) is 6.58 Å². The summed E-state index contributed by atoms with van der Waals surface area (Å²) in [5.41, 5.74) is -1.46. The second-order valence-corrected chi connectivity index (χ2v) is 6.75. The molecule has 4 heteroatoms. The van der Waals surface area contributed by atoms with Crippen LogP contribution in [0.25, 0.3) is 0 Å². The number of ketones is 2. The van der Waals surface area contributed by atoms with Crippen molar-refractivity contribution < 1.29 is 19.1 Å². The number of rotatable bonds is 6. The third kappa shape index (κ3) is 4.93. The molecule has 4 nitrogen and oxygen atoms in total. The van der Waals surface area contributed by atoms with Gasteiger partial charge in [0, 0.05) is 18.9 Å². The van der Waals surface area contributed by atoms with E-state index >= 15 is 0 Å². The molecule has 0 atom stereocenters. The number of Topliss-reactive ketones (excluding diaryl/α,β-unsaturated/α-hetero) is 2. The molecular weight excluding hydrogens is 280 g/mol. The molecule has 1 saturated carbocycles. The van der Waals surface area contributed by atoms with Gasteiger partial charge in [-0.25, -0.2) is 4.79 Å². The first-order valence-electron chi connectivity index (χ1n) is 7.78. The summed E-state index contributed by atoms with van der Waals surface area (Å²) >= 11 is 0. The van der Waals surface area contributed by atoms with E-state index in [1.54, 1.807) is 32.9 Å². The Hall–Kier alpha value is -1.71. The lowest BCUT2D eigenvalue weighted by atomic mass is 9.67.